The summed E-state index contributed by atoms with van der Waals surface area (Å²) in [4.78, 5) is 2.13. The summed E-state index contributed by atoms with van der Waals surface area (Å²) in [5.74, 6) is 0.905. The molecule has 3 N–H and O–H groups in total. The third-order valence-electron chi connectivity index (χ3n) is 3.81. The molecule has 4 heteroatoms. The molecule has 19 heavy (non-hydrogen) atoms. The number of hydrogen-bond acceptors (Lipinski definition) is 4. The summed E-state index contributed by atoms with van der Waals surface area (Å²) in [5, 5.41) is 9.66. The van der Waals surface area contributed by atoms with Gasteiger partial charge >= 0.3 is 0 Å². The number of likely N-dealkylation sites (N-methyl/N-ethyl adjacent to an activating group) is 1. The van der Waals surface area contributed by atoms with E-state index in [9.17, 15) is 5.11 Å². The van der Waals surface area contributed by atoms with Gasteiger partial charge in [-0.2, -0.15) is 0 Å². The van der Waals surface area contributed by atoms with Crippen LogP contribution >= 0.6 is 0 Å². The van der Waals surface area contributed by atoms with E-state index in [2.05, 4.69) is 17.1 Å². The van der Waals surface area contributed by atoms with Crippen molar-refractivity contribution >= 4 is 0 Å². The molecule has 104 valence electrons. The van der Waals surface area contributed by atoms with E-state index in [1.54, 1.807) is 13.2 Å². The molecular formula is C15H22N2O2. The van der Waals surface area contributed by atoms with Gasteiger partial charge in [0.1, 0.15) is 0 Å². The Morgan fingerprint density at radius 2 is 2.11 bits per heavy atom. The number of nitrogens with two attached hydrogens (primary N) is 1. The molecule has 0 aliphatic heterocycles. The zero-order valence-corrected chi connectivity index (χ0v) is 11.7. The van der Waals surface area contributed by atoms with Gasteiger partial charge in [-0.05, 0) is 38.2 Å². The van der Waals surface area contributed by atoms with Crippen molar-refractivity contribution < 1.29 is 9.84 Å². The van der Waals surface area contributed by atoms with Crippen LogP contribution in [0.25, 0.3) is 0 Å². The lowest BCUT2D eigenvalue weighted by molar-refractivity contribution is 0.268. The number of rotatable bonds is 3. The lowest BCUT2D eigenvalue weighted by atomic mass is 9.81. The Bertz CT molecular complexity index is 471. The fourth-order valence-corrected chi connectivity index (χ4v) is 2.69. The summed E-state index contributed by atoms with van der Waals surface area (Å²) in [6.07, 6.45) is 5.26. The van der Waals surface area contributed by atoms with Crippen molar-refractivity contribution in [1.82, 2.24) is 4.90 Å². The molecule has 1 aliphatic rings. The average Bonchev–Trinajstić information content (AvgIpc) is 2.39. The monoisotopic (exact) mass is 262 g/mol. The Morgan fingerprint density at radius 1 is 1.37 bits per heavy atom. The number of phenols is 1. The van der Waals surface area contributed by atoms with Gasteiger partial charge in [0.2, 0.25) is 0 Å². The van der Waals surface area contributed by atoms with Gasteiger partial charge in [0.05, 0.1) is 7.11 Å². The van der Waals surface area contributed by atoms with Crippen LogP contribution < -0.4 is 10.5 Å². The molecule has 0 aromatic heterocycles. The third-order valence-corrected chi connectivity index (χ3v) is 3.81. The highest BCUT2D eigenvalue weighted by molar-refractivity contribution is 5.43. The molecule has 0 bridgehead atoms. The van der Waals surface area contributed by atoms with Crippen LogP contribution in [0.4, 0.5) is 0 Å². The number of nitrogens with zero attached hydrogens (tertiary/aromatic N) is 1. The van der Waals surface area contributed by atoms with Gasteiger partial charge in [0, 0.05) is 18.0 Å². The van der Waals surface area contributed by atoms with Crippen molar-refractivity contribution in [2.24, 2.45) is 5.73 Å². The number of allylic oxidation sites excluding steroid dienone is 1. The summed E-state index contributed by atoms with van der Waals surface area (Å²) in [6.45, 7) is 0. The molecule has 0 fully saturated rings. The highest BCUT2D eigenvalue weighted by Gasteiger charge is 2.30. The highest BCUT2D eigenvalue weighted by atomic mass is 16.5. The average molecular weight is 262 g/mol. The maximum Gasteiger partial charge on any atom is 0.160 e. The Labute approximate surface area is 114 Å². The smallest absolute Gasteiger partial charge is 0.160 e. The Morgan fingerprint density at radius 3 is 2.74 bits per heavy atom. The SMILES string of the molecule is COc1cc([C@@H]2CC=C[C@H](N(C)C)C2N)ccc1O. The van der Waals surface area contributed by atoms with Crippen LogP contribution in [-0.2, 0) is 0 Å². The maximum absolute atomic E-state index is 9.66. The summed E-state index contributed by atoms with van der Waals surface area (Å²) in [6, 6.07) is 5.75. The van der Waals surface area contributed by atoms with E-state index in [1.807, 2.05) is 26.2 Å². The summed E-state index contributed by atoms with van der Waals surface area (Å²) in [5.41, 5.74) is 7.50. The second kappa shape index (κ2) is 5.63. The lowest BCUT2D eigenvalue weighted by Crippen LogP contribution is -2.48. The first-order valence-electron chi connectivity index (χ1n) is 6.50. The number of ether oxygens (including phenoxy) is 1. The molecule has 2 rings (SSSR count). The van der Waals surface area contributed by atoms with Gasteiger partial charge in [0.15, 0.2) is 11.5 Å². The van der Waals surface area contributed by atoms with Crippen LogP contribution in [0, 0.1) is 0 Å². The molecule has 0 amide bonds. The first-order valence-corrected chi connectivity index (χ1v) is 6.50. The summed E-state index contributed by atoms with van der Waals surface area (Å²) >= 11 is 0. The van der Waals surface area contributed by atoms with E-state index < -0.39 is 0 Å². The lowest BCUT2D eigenvalue weighted by Gasteiger charge is -2.36. The minimum absolute atomic E-state index is 0.0363. The molecule has 1 aromatic carbocycles. The maximum atomic E-state index is 9.66. The fraction of sp³-hybridized carbons (Fsp3) is 0.467. The molecule has 1 aromatic rings. The van der Waals surface area contributed by atoms with Crippen LogP contribution in [-0.4, -0.2) is 43.3 Å². The predicted molar refractivity (Wildman–Crippen MR) is 76.6 cm³/mol. The molecular weight excluding hydrogens is 240 g/mol. The van der Waals surface area contributed by atoms with Crippen molar-refractivity contribution in [3.63, 3.8) is 0 Å². The van der Waals surface area contributed by atoms with Crippen molar-refractivity contribution in [3.8, 4) is 11.5 Å². The zero-order valence-electron chi connectivity index (χ0n) is 11.7. The molecule has 0 radical (unpaired) electrons. The molecule has 0 spiro atoms. The quantitative estimate of drug-likeness (QED) is 0.814. The summed E-state index contributed by atoms with van der Waals surface area (Å²) in [7, 11) is 5.63. The summed E-state index contributed by atoms with van der Waals surface area (Å²) < 4.78 is 5.17. The first kappa shape index (κ1) is 13.9. The van der Waals surface area contributed by atoms with E-state index in [-0.39, 0.29) is 23.8 Å². The second-order valence-corrected chi connectivity index (χ2v) is 5.23. The Hall–Kier alpha value is -1.52. The van der Waals surface area contributed by atoms with E-state index in [1.165, 1.54) is 0 Å². The Balaban J connectivity index is 2.29. The number of benzene rings is 1. The normalized spacial score (nSPS) is 26.7. The standard InChI is InChI=1S/C15H22N2O2/c1-17(2)12-6-4-5-11(15(12)16)10-7-8-13(18)14(9-10)19-3/h4,6-9,11-12,15,18H,5,16H2,1-3H3/t11-,12-,15?/m0/s1. The third kappa shape index (κ3) is 2.74. The van der Waals surface area contributed by atoms with Gasteiger partial charge in [-0.1, -0.05) is 18.2 Å². The van der Waals surface area contributed by atoms with E-state index in [0.717, 1.165) is 12.0 Å². The molecule has 4 nitrogen and oxygen atoms in total. The van der Waals surface area contributed by atoms with Crippen molar-refractivity contribution in [1.29, 1.82) is 0 Å². The van der Waals surface area contributed by atoms with Crippen LogP contribution in [0.15, 0.2) is 30.4 Å². The van der Waals surface area contributed by atoms with E-state index in [0.29, 0.717) is 5.75 Å². The molecule has 0 heterocycles. The van der Waals surface area contributed by atoms with Crippen LogP contribution in [0.5, 0.6) is 11.5 Å². The van der Waals surface area contributed by atoms with Crippen LogP contribution in [0.1, 0.15) is 17.9 Å². The van der Waals surface area contributed by atoms with Crippen molar-refractivity contribution in [3.05, 3.63) is 35.9 Å². The highest BCUT2D eigenvalue weighted by Crippen LogP contribution is 2.35. The Kier molecular flexibility index (Phi) is 4.12. The number of phenolic OH excluding ortho intramolecular Hbond substituents is 1. The van der Waals surface area contributed by atoms with Crippen molar-refractivity contribution in [2.75, 3.05) is 21.2 Å². The topological polar surface area (TPSA) is 58.7 Å². The molecule has 1 unspecified atom stereocenters. The second-order valence-electron chi connectivity index (χ2n) is 5.23. The van der Waals surface area contributed by atoms with Crippen LogP contribution in [0.2, 0.25) is 0 Å². The van der Waals surface area contributed by atoms with E-state index in [4.69, 9.17) is 10.5 Å². The number of aromatic hydroxyl groups is 1. The van der Waals surface area contributed by atoms with Gasteiger partial charge in [-0.3, -0.25) is 0 Å². The fourth-order valence-electron chi connectivity index (χ4n) is 2.69. The molecule has 0 saturated heterocycles. The van der Waals surface area contributed by atoms with Crippen LogP contribution in [0.3, 0.4) is 0 Å². The van der Waals surface area contributed by atoms with Gasteiger partial charge in [-0.25, -0.2) is 0 Å². The molecule has 3 atom stereocenters. The predicted octanol–water partition coefficient (Wildman–Crippen LogP) is 1.70. The van der Waals surface area contributed by atoms with Gasteiger partial charge in [-0.15, -0.1) is 0 Å². The number of methoxy groups -OCH3 is 1. The minimum atomic E-state index is 0.0363. The minimum Gasteiger partial charge on any atom is -0.504 e. The molecule has 0 saturated carbocycles. The largest absolute Gasteiger partial charge is 0.504 e. The zero-order chi connectivity index (χ0) is 14.0. The first-order chi connectivity index (χ1) is 9.04. The van der Waals surface area contributed by atoms with Crippen molar-refractivity contribution in [2.45, 2.75) is 24.4 Å². The van der Waals surface area contributed by atoms with Gasteiger partial charge in [0.25, 0.3) is 0 Å². The van der Waals surface area contributed by atoms with Gasteiger partial charge < -0.3 is 20.5 Å². The number of hydrogen-bond donors (Lipinski definition) is 2. The van der Waals surface area contributed by atoms with E-state index >= 15 is 0 Å². The molecule has 1 aliphatic carbocycles.